The van der Waals surface area contributed by atoms with E-state index in [2.05, 4.69) is 0 Å². The van der Waals surface area contributed by atoms with Crippen LogP contribution in [0.5, 0.6) is 0 Å². The van der Waals surface area contributed by atoms with Gasteiger partial charge in [-0.2, -0.15) is 13.2 Å². The third-order valence-electron chi connectivity index (χ3n) is 0. The second kappa shape index (κ2) is 14.7. The Hall–Kier alpha value is 0.781. The molecule has 0 aliphatic heterocycles. The quantitative estimate of drug-likeness (QED) is 0.437. The summed E-state index contributed by atoms with van der Waals surface area (Å²) in [4.78, 5) is 0. The number of rotatable bonds is 0. The first kappa shape index (κ1) is 32.7. The monoisotopic (exact) mass is 371 g/mol. The summed E-state index contributed by atoms with van der Waals surface area (Å²) in [6.07, 6.45) is 0. The minimum absolute atomic E-state index is 0. The Morgan fingerprint density at radius 3 is 0.400 bits per heavy atom. The molecule has 19 heteroatoms. The Morgan fingerprint density at radius 2 is 0.400 bits per heavy atom. The number of hydrogen-bond donors (Lipinski definition) is 0. The minimum atomic E-state index is -6.00. The van der Waals surface area contributed by atoms with Crippen molar-refractivity contribution in [3.05, 3.63) is 0 Å². The van der Waals surface area contributed by atoms with Crippen molar-refractivity contribution in [2.45, 2.75) is 6.68 Å². The van der Waals surface area contributed by atoms with Gasteiger partial charge in [-0.05, 0) is 0 Å². The van der Waals surface area contributed by atoms with Crippen LogP contribution in [0.2, 0.25) is 0 Å². The predicted octanol–water partition coefficient (Wildman–Crippen LogP) is 4.43. The zero-order valence-electron chi connectivity index (χ0n) is 7.98. The topological polar surface area (TPSA) is 0 Å². The molecule has 0 aromatic heterocycles. The summed E-state index contributed by atoms with van der Waals surface area (Å²) in [7, 11) is -18.0. The van der Waals surface area contributed by atoms with Crippen LogP contribution < -0.4 is 0 Å². The van der Waals surface area contributed by atoms with Crippen LogP contribution in [0.25, 0.3) is 0 Å². The van der Waals surface area contributed by atoms with E-state index in [1.165, 1.54) is 0 Å². The molecule has 0 N–H and O–H groups in total. The van der Waals surface area contributed by atoms with E-state index in [-0.39, 0.29) is 51.4 Å². The second-order valence-electron chi connectivity index (χ2n) is 1.73. The standard InChI is InChI=1S/CHF3.3BF4.K.H/c2-1(3)4;3*2-1(3,4)5;;/h1H;;;;;/q;3*-1;;. The van der Waals surface area contributed by atoms with Gasteiger partial charge in [0.2, 0.25) is 0 Å². The van der Waals surface area contributed by atoms with Crippen LogP contribution in [0.15, 0.2) is 0 Å². The third kappa shape index (κ3) is 9730. The van der Waals surface area contributed by atoms with Crippen molar-refractivity contribution in [1.82, 2.24) is 0 Å². The maximum atomic E-state index is 9.75. The van der Waals surface area contributed by atoms with Gasteiger partial charge in [0.25, 0.3) is 0 Å². The van der Waals surface area contributed by atoms with Crippen LogP contribution in [0.3, 0.4) is 0 Å². The molecule has 0 aromatic carbocycles. The van der Waals surface area contributed by atoms with Gasteiger partial charge in [-0.3, -0.25) is 0 Å². The van der Waals surface area contributed by atoms with Gasteiger partial charge in [-0.1, -0.05) is 0 Å². The summed E-state index contributed by atoms with van der Waals surface area (Å²) < 4.78 is 146. The fourth-order valence-electron chi connectivity index (χ4n) is 0. The average molecular weight is 371 g/mol. The van der Waals surface area contributed by atoms with Crippen LogP contribution in [0, 0.1) is 0 Å². The molecule has 0 fully saturated rings. The Balaban J connectivity index is -0.0000000494. The van der Waals surface area contributed by atoms with E-state index >= 15 is 0 Å². The zero-order chi connectivity index (χ0) is 17.1. The van der Waals surface area contributed by atoms with E-state index in [1.54, 1.807) is 0 Å². The normalized spacial score (nSPS) is 10.8. The van der Waals surface area contributed by atoms with Crippen molar-refractivity contribution in [1.29, 1.82) is 0 Å². The Kier molecular flexibility index (Phi) is 24.0. The molecule has 20 heavy (non-hydrogen) atoms. The summed E-state index contributed by atoms with van der Waals surface area (Å²) in [6, 6.07) is 0. The molecular weight excluding hydrogens is 369 g/mol. The first-order valence-electron chi connectivity index (χ1n) is 3.27. The molecular formula is CH2B3F15K-3. The van der Waals surface area contributed by atoms with Crippen LogP contribution >= 0.6 is 0 Å². The van der Waals surface area contributed by atoms with Crippen molar-refractivity contribution in [2.24, 2.45) is 0 Å². The summed E-state index contributed by atoms with van der Waals surface area (Å²) in [5.41, 5.74) is 0. The number of alkyl halides is 3. The zero-order valence-corrected chi connectivity index (χ0v) is 7.98. The molecule has 0 atom stereocenters. The van der Waals surface area contributed by atoms with Gasteiger partial charge in [0.1, 0.15) is 0 Å². The summed E-state index contributed by atoms with van der Waals surface area (Å²) in [6.45, 7) is -3.67. The molecule has 0 amide bonds. The van der Waals surface area contributed by atoms with Gasteiger partial charge >= 0.3 is 79.8 Å². The van der Waals surface area contributed by atoms with E-state index in [0.29, 0.717) is 0 Å². The first-order valence-corrected chi connectivity index (χ1v) is 3.27. The van der Waals surface area contributed by atoms with Crippen LogP contribution in [0.1, 0.15) is 0 Å². The van der Waals surface area contributed by atoms with Gasteiger partial charge in [0.05, 0.1) is 0 Å². The fraction of sp³-hybridized carbons (Fsp3) is 1.00. The summed E-state index contributed by atoms with van der Waals surface area (Å²) in [5, 5.41) is 0. The van der Waals surface area contributed by atoms with Crippen molar-refractivity contribution in [3.8, 4) is 0 Å². The molecule has 0 bridgehead atoms. The van der Waals surface area contributed by atoms with Gasteiger partial charge < -0.3 is 51.8 Å². The molecule has 0 heterocycles. The molecule has 0 aromatic rings. The van der Waals surface area contributed by atoms with Crippen molar-refractivity contribution >= 4 is 73.1 Å². The van der Waals surface area contributed by atoms with E-state index in [9.17, 15) is 65.0 Å². The van der Waals surface area contributed by atoms with Crippen LogP contribution in [-0.2, 0) is 0 Å². The molecule has 0 saturated carbocycles. The Labute approximate surface area is 144 Å². The van der Waals surface area contributed by atoms with Crippen molar-refractivity contribution < 1.29 is 65.0 Å². The molecule has 0 spiro atoms. The molecule has 0 radical (unpaired) electrons. The average Bonchev–Trinajstić information content (AvgIpc) is 1.66. The van der Waals surface area contributed by atoms with E-state index < -0.39 is 28.4 Å². The van der Waals surface area contributed by atoms with Crippen molar-refractivity contribution in [3.63, 3.8) is 0 Å². The van der Waals surface area contributed by atoms with E-state index in [1.807, 2.05) is 0 Å². The molecule has 0 nitrogen and oxygen atoms in total. The predicted molar refractivity (Wildman–Crippen MR) is 44.8 cm³/mol. The van der Waals surface area contributed by atoms with Crippen molar-refractivity contribution in [2.75, 3.05) is 0 Å². The fourth-order valence-corrected chi connectivity index (χ4v) is 0. The van der Waals surface area contributed by atoms with Gasteiger partial charge in [-0.15, -0.1) is 0 Å². The van der Waals surface area contributed by atoms with Crippen LogP contribution in [0.4, 0.5) is 65.0 Å². The van der Waals surface area contributed by atoms with Gasteiger partial charge in [0.15, 0.2) is 0 Å². The first-order chi connectivity index (χ1) is 7.73. The maximum absolute atomic E-state index is 9.75. The molecule has 0 rings (SSSR count). The Bertz CT molecular complexity index is 128. The summed E-state index contributed by atoms with van der Waals surface area (Å²) in [5.74, 6) is 0. The Morgan fingerprint density at radius 1 is 0.400 bits per heavy atom. The number of hydrogen-bond acceptors (Lipinski definition) is 0. The molecule has 0 unspecified atom stereocenters. The molecule has 0 aliphatic rings. The SMILES string of the molecule is FC(F)F.F[B-](F)(F)F.F[B-](F)(F)F.F[B-](F)(F)F.[KH]. The van der Waals surface area contributed by atoms with E-state index in [4.69, 9.17) is 0 Å². The van der Waals surface area contributed by atoms with Crippen LogP contribution in [-0.4, -0.2) is 79.8 Å². The van der Waals surface area contributed by atoms with Gasteiger partial charge in [-0.25, -0.2) is 0 Å². The van der Waals surface area contributed by atoms with E-state index in [0.717, 1.165) is 0 Å². The molecule has 0 aliphatic carbocycles. The molecule has 0 saturated heterocycles. The number of halogens is 15. The third-order valence-corrected chi connectivity index (χ3v) is 0. The molecule has 124 valence electrons. The second-order valence-corrected chi connectivity index (χ2v) is 1.73. The summed E-state index contributed by atoms with van der Waals surface area (Å²) >= 11 is 0. The van der Waals surface area contributed by atoms with Gasteiger partial charge in [0, 0.05) is 0 Å².